The van der Waals surface area contributed by atoms with Gasteiger partial charge in [0, 0.05) is 29.6 Å². The lowest BCUT2D eigenvalue weighted by molar-refractivity contribution is -0.130. The molecule has 0 spiro atoms. The molecule has 150 valence electrons. The van der Waals surface area contributed by atoms with Crippen molar-refractivity contribution in [1.29, 1.82) is 0 Å². The summed E-state index contributed by atoms with van der Waals surface area (Å²) in [4.78, 5) is 16.2. The first-order valence-corrected chi connectivity index (χ1v) is 10.1. The molecule has 2 N–H and O–H groups in total. The van der Waals surface area contributed by atoms with Crippen LogP contribution in [0.5, 0.6) is 11.5 Å². The van der Waals surface area contributed by atoms with E-state index < -0.39 is 6.10 Å². The highest BCUT2D eigenvalue weighted by atomic mass is 16.6. The Balaban J connectivity index is 1.37. The highest BCUT2D eigenvalue weighted by Crippen LogP contribution is 2.32. The Kier molecular flexibility index (Phi) is 4.85. The van der Waals surface area contributed by atoms with Crippen molar-refractivity contribution in [1.82, 2.24) is 10.3 Å². The number of benzene rings is 3. The van der Waals surface area contributed by atoms with Crippen molar-refractivity contribution in [3.8, 4) is 11.5 Å². The van der Waals surface area contributed by atoms with Gasteiger partial charge in [0.1, 0.15) is 6.61 Å². The van der Waals surface area contributed by atoms with Crippen LogP contribution >= 0.6 is 0 Å². The number of carbonyl (C=O) groups excluding carboxylic acids is 1. The molecule has 2 unspecified atom stereocenters. The van der Waals surface area contributed by atoms with Gasteiger partial charge in [0.15, 0.2) is 11.5 Å². The highest BCUT2D eigenvalue weighted by Gasteiger charge is 2.28. The molecule has 0 bridgehead atoms. The first-order chi connectivity index (χ1) is 14.8. The van der Waals surface area contributed by atoms with Gasteiger partial charge in [-0.1, -0.05) is 60.7 Å². The van der Waals surface area contributed by atoms with Crippen LogP contribution in [0.4, 0.5) is 0 Å². The predicted molar refractivity (Wildman–Crippen MR) is 116 cm³/mol. The van der Waals surface area contributed by atoms with Crippen LogP contribution in [-0.2, 0) is 4.79 Å². The average Bonchev–Trinajstić information content (AvgIpc) is 3.23. The van der Waals surface area contributed by atoms with E-state index in [0.717, 1.165) is 22.0 Å². The summed E-state index contributed by atoms with van der Waals surface area (Å²) in [6.07, 6.45) is 1.37. The zero-order valence-electron chi connectivity index (χ0n) is 16.4. The fourth-order valence-electron chi connectivity index (χ4n) is 3.94. The topological polar surface area (TPSA) is 63.4 Å². The zero-order chi connectivity index (χ0) is 20.3. The number of hydrogen-bond acceptors (Lipinski definition) is 3. The largest absolute Gasteiger partial charge is 0.485 e. The molecule has 2 heterocycles. The second kappa shape index (κ2) is 7.95. The predicted octanol–water partition coefficient (Wildman–Crippen LogP) is 4.26. The van der Waals surface area contributed by atoms with Crippen LogP contribution in [0.3, 0.4) is 0 Å². The quantitative estimate of drug-likeness (QED) is 0.528. The Bertz CT molecular complexity index is 1170. The van der Waals surface area contributed by atoms with E-state index in [0.29, 0.717) is 18.0 Å². The maximum atomic E-state index is 12.9. The molecule has 1 aromatic heterocycles. The molecule has 0 saturated heterocycles. The summed E-state index contributed by atoms with van der Waals surface area (Å²) in [6, 6.07) is 25.8. The minimum Gasteiger partial charge on any atom is -0.485 e. The van der Waals surface area contributed by atoms with Gasteiger partial charge in [-0.3, -0.25) is 4.79 Å². The van der Waals surface area contributed by atoms with Gasteiger partial charge in [-0.05, 0) is 29.3 Å². The van der Waals surface area contributed by atoms with E-state index in [-0.39, 0.29) is 18.4 Å². The molecule has 4 aromatic rings. The van der Waals surface area contributed by atoms with E-state index in [1.807, 2.05) is 60.8 Å². The Hall–Kier alpha value is -3.73. The molecule has 5 nitrogen and oxygen atoms in total. The molecular formula is C25H22N2O3. The summed E-state index contributed by atoms with van der Waals surface area (Å²) in [6.45, 7) is 0.665. The summed E-state index contributed by atoms with van der Waals surface area (Å²) < 4.78 is 11.5. The molecule has 1 aliphatic heterocycles. The van der Waals surface area contributed by atoms with Gasteiger partial charge < -0.3 is 19.8 Å². The number of H-pyrrole nitrogens is 1. The Morgan fingerprint density at radius 3 is 2.57 bits per heavy atom. The first kappa shape index (κ1) is 18.3. The molecule has 30 heavy (non-hydrogen) atoms. The van der Waals surface area contributed by atoms with E-state index >= 15 is 0 Å². The van der Waals surface area contributed by atoms with Gasteiger partial charge in [-0.15, -0.1) is 0 Å². The zero-order valence-corrected chi connectivity index (χ0v) is 16.4. The number of ether oxygens (including phenoxy) is 2. The van der Waals surface area contributed by atoms with Crippen LogP contribution in [0.2, 0.25) is 0 Å². The van der Waals surface area contributed by atoms with Crippen LogP contribution in [0.15, 0.2) is 85.1 Å². The summed E-state index contributed by atoms with van der Waals surface area (Å²) in [5, 5.41) is 4.24. The minimum atomic E-state index is -0.667. The molecule has 0 fully saturated rings. The number of rotatable bonds is 5. The van der Waals surface area contributed by atoms with Crippen LogP contribution < -0.4 is 14.8 Å². The number of amides is 1. The number of carbonyl (C=O) groups is 1. The third-order valence-electron chi connectivity index (χ3n) is 5.48. The van der Waals surface area contributed by atoms with Crippen LogP contribution in [0, 0.1) is 0 Å². The maximum Gasteiger partial charge on any atom is 0.264 e. The van der Waals surface area contributed by atoms with Gasteiger partial charge in [0.25, 0.3) is 5.91 Å². The molecule has 0 radical (unpaired) electrons. The number of aromatic nitrogens is 1. The van der Waals surface area contributed by atoms with Crippen molar-refractivity contribution in [3.63, 3.8) is 0 Å². The van der Waals surface area contributed by atoms with Gasteiger partial charge in [-0.25, -0.2) is 0 Å². The number of nitrogens with one attached hydrogen (secondary N) is 2. The van der Waals surface area contributed by atoms with E-state index in [1.165, 1.54) is 0 Å². The summed E-state index contributed by atoms with van der Waals surface area (Å²) in [5.41, 5.74) is 3.39. The third-order valence-corrected chi connectivity index (χ3v) is 5.48. The first-order valence-electron chi connectivity index (χ1n) is 10.1. The molecular weight excluding hydrogens is 376 g/mol. The minimum absolute atomic E-state index is 0.0168. The Morgan fingerprint density at radius 2 is 1.70 bits per heavy atom. The van der Waals surface area contributed by atoms with Crippen molar-refractivity contribution >= 4 is 16.8 Å². The molecule has 0 saturated carbocycles. The summed E-state index contributed by atoms with van der Waals surface area (Å²) in [5.74, 6) is 1.11. The number of aromatic amines is 1. The average molecular weight is 398 g/mol. The Labute approximate surface area is 174 Å². The molecule has 0 aliphatic carbocycles. The second-order valence-electron chi connectivity index (χ2n) is 7.36. The molecule has 2 atom stereocenters. The van der Waals surface area contributed by atoms with Crippen molar-refractivity contribution in [2.75, 3.05) is 13.2 Å². The van der Waals surface area contributed by atoms with Crippen molar-refractivity contribution < 1.29 is 14.3 Å². The molecule has 1 amide bonds. The van der Waals surface area contributed by atoms with E-state index in [1.54, 1.807) is 0 Å². The fourth-order valence-corrected chi connectivity index (χ4v) is 3.94. The lowest BCUT2D eigenvalue weighted by Crippen LogP contribution is -2.45. The number of para-hydroxylation sites is 3. The van der Waals surface area contributed by atoms with Gasteiger partial charge in [0.2, 0.25) is 6.10 Å². The molecule has 3 aromatic carbocycles. The van der Waals surface area contributed by atoms with Crippen LogP contribution in [0.1, 0.15) is 17.0 Å². The van der Waals surface area contributed by atoms with Gasteiger partial charge >= 0.3 is 0 Å². The molecule has 1 aliphatic rings. The third kappa shape index (κ3) is 3.50. The van der Waals surface area contributed by atoms with Crippen molar-refractivity contribution in [2.45, 2.75) is 12.0 Å². The second-order valence-corrected chi connectivity index (χ2v) is 7.36. The highest BCUT2D eigenvalue weighted by molar-refractivity contribution is 5.85. The smallest absolute Gasteiger partial charge is 0.264 e. The van der Waals surface area contributed by atoms with E-state index in [2.05, 4.69) is 34.6 Å². The summed E-state index contributed by atoms with van der Waals surface area (Å²) >= 11 is 0. The van der Waals surface area contributed by atoms with Gasteiger partial charge in [-0.2, -0.15) is 0 Å². The van der Waals surface area contributed by atoms with Crippen LogP contribution in [0.25, 0.3) is 10.9 Å². The van der Waals surface area contributed by atoms with Crippen LogP contribution in [-0.4, -0.2) is 30.1 Å². The molecule has 5 heteroatoms. The molecule has 5 rings (SSSR count). The lowest BCUT2D eigenvalue weighted by atomic mass is 9.91. The standard InChI is InChI=1S/C25H22N2O3/c28-25(24-16-29-22-12-6-7-13-23(22)30-24)27-14-19(17-8-2-1-3-9-17)20-15-26-21-11-5-4-10-18(20)21/h1-13,15,19,24,26H,14,16H2,(H,27,28). The lowest BCUT2D eigenvalue weighted by Gasteiger charge is -2.26. The van der Waals surface area contributed by atoms with E-state index in [4.69, 9.17) is 9.47 Å². The monoisotopic (exact) mass is 398 g/mol. The SMILES string of the molecule is O=C(NCC(c1ccccc1)c1c[nH]c2ccccc12)C1COc2ccccc2O1. The normalized spacial score (nSPS) is 16.2. The van der Waals surface area contributed by atoms with Crippen molar-refractivity contribution in [3.05, 3.63) is 96.2 Å². The maximum absolute atomic E-state index is 12.9. The number of hydrogen-bond donors (Lipinski definition) is 2. The number of fused-ring (bicyclic) bond motifs is 2. The van der Waals surface area contributed by atoms with Gasteiger partial charge in [0.05, 0.1) is 0 Å². The van der Waals surface area contributed by atoms with Crippen molar-refractivity contribution in [2.24, 2.45) is 0 Å². The summed E-state index contributed by atoms with van der Waals surface area (Å²) in [7, 11) is 0. The Morgan fingerprint density at radius 1 is 0.967 bits per heavy atom. The fraction of sp³-hybridized carbons (Fsp3) is 0.160. The van der Waals surface area contributed by atoms with E-state index in [9.17, 15) is 4.79 Å².